The van der Waals surface area contributed by atoms with Crippen molar-refractivity contribution in [3.63, 3.8) is 0 Å². The van der Waals surface area contributed by atoms with E-state index in [1.165, 1.54) is 43.5 Å². The first-order valence-electron chi connectivity index (χ1n) is 12.3. The van der Waals surface area contributed by atoms with Crippen molar-refractivity contribution in [1.82, 2.24) is 19.5 Å². The van der Waals surface area contributed by atoms with E-state index in [9.17, 15) is 9.90 Å². The molecule has 4 aromatic rings. The number of rotatable bonds is 5. The first-order chi connectivity index (χ1) is 19.1. The van der Waals surface area contributed by atoms with Gasteiger partial charge in [-0.2, -0.15) is 4.98 Å². The minimum absolute atomic E-state index is 0.0181. The highest BCUT2D eigenvalue weighted by atomic mass is 35.5. The van der Waals surface area contributed by atoms with Crippen LogP contribution in [0, 0.1) is 5.82 Å². The summed E-state index contributed by atoms with van der Waals surface area (Å²) >= 11 is 12.4. The number of anilines is 2. The van der Waals surface area contributed by atoms with Gasteiger partial charge in [0.2, 0.25) is 5.88 Å². The fraction of sp³-hybridized carbons (Fsp3) is 0.259. The van der Waals surface area contributed by atoms with Crippen LogP contribution in [0.3, 0.4) is 0 Å². The number of halogens is 3. The lowest BCUT2D eigenvalue weighted by Gasteiger charge is -2.39. The van der Waals surface area contributed by atoms with Crippen molar-refractivity contribution in [2.45, 2.75) is 31.7 Å². The van der Waals surface area contributed by atoms with E-state index in [1.54, 1.807) is 22.8 Å². The molecule has 0 radical (unpaired) electrons. The van der Waals surface area contributed by atoms with Gasteiger partial charge in [0.25, 0.3) is 5.91 Å². The van der Waals surface area contributed by atoms with Gasteiger partial charge in [-0.05, 0) is 38.1 Å². The number of benzene rings is 2. The Morgan fingerprint density at radius 3 is 2.62 bits per heavy atom. The van der Waals surface area contributed by atoms with Gasteiger partial charge in [-0.3, -0.25) is 9.69 Å². The Balaban J connectivity index is 1.72. The number of carbonyl (C=O) groups is 1. The highest BCUT2D eigenvalue weighted by molar-refractivity contribution is 6.31. The number of nitrogens with one attached hydrogen (secondary N) is 1. The van der Waals surface area contributed by atoms with Gasteiger partial charge in [0.05, 0.1) is 36.2 Å². The second-order valence-electron chi connectivity index (χ2n) is 9.59. The number of carbonyl (C=O) groups excluding carboxylic acids is 1. The lowest BCUT2D eigenvalue weighted by Crippen LogP contribution is -2.54. The predicted molar refractivity (Wildman–Crippen MR) is 147 cm³/mol. The van der Waals surface area contributed by atoms with Crippen molar-refractivity contribution in [2.75, 3.05) is 24.4 Å². The maximum atomic E-state index is 15.6. The third-order valence-electron chi connectivity index (χ3n) is 7.15. The Kier molecular flexibility index (Phi) is 6.13. The zero-order chi connectivity index (χ0) is 28.5. The highest BCUT2D eigenvalue weighted by Crippen LogP contribution is 2.56. The van der Waals surface area contributed by atoms with Crippen molar-refractivity contribution < 1.29 is 23.8 Å². The monoisotopic (exact) mass is 584 g/mol. The Morgan fingerprint density at radius 2 is 1.93 bits per heavy atom. The molecular weight excluding hydrogens is 562 g/mol. The quantitative estimate of drug-likeness (QED) is 0.335. The first-order valence-corrected chi connectivity index (χ1v) is 13.0. The third-order valence-corrected chi connectivity index (χ3v) is 7.67. The molecule has 2 aromatic carbocycles. The van der Waals surface area contributed by atoms with Crippen molar-refractivity contribution in [2.24, 2.45) is 0 Å². The number of amides is 1. The fourth-order valence-corrected chi connectivity index (χ4v) is 5.94. The van der Waals surface area contributed by atoms with Crippen LogP contribution in [0.15, 0.2) is 42.6 Å². The molecule has 40 heavy (non-hydrogen) atoms. The van der Waals surface area contributed by atoms with Gasteiger partial charge in [-0.25, -0.2) is 14.4 Å². The lowest BCUT2D eigenvalue weighted by atomic mass is 9.86. The Hall–Kier alpha value is -3.93. The molecular formula is C27H23Cl2FN6O4. The molecule has 2 aliphatic rings. The molecule has 10 nitrogen and oxygen atoms in total. The second kappa shape index (κ2) is 9.33. The van der Waals surface area contributed by atoms with Gasteiger partial charge >= 0.3 is 6.01 Å². The average Bonchev–Trinajstić information content (AvgIpc) is 3.54. The summed E-state index contributed by atoms with van der Waals surface area (Å²) in [5, 5.41) is 15.1. The summed E-state index contributed by atoms with van der Waals surface area (Å²) in [6, 6.07) is 9.15. The summed E-state index contributed by atoms with van der Waals surface area (Å²) < 4.78 is 28.1. The van der Waals surface area contributed by atoms with Gasteiger partial charge < -0.3 is 24.5 Å². The molecule has 2 unspecified atom stereocenters. The molecule has 1 spiro atoms. The molecule has 13 heteroatoms. The van der Waals surface area contributed by atoms with Crippen molar-refractivity contribution >= 4 is 40.5 Å². The van der Waals surface area contributed by atoms with E-state index in [0.717, 1.165) is 0 Å². The van der Waals surface area contributed by atoms with Gasteiger partial charge in [0.1, 0.15) is 5.82 Å². The molecule has 2 aromatic heterocycles. The van der Waals surface area contributed by atoms with Crippen LogP contribution in [0.1, 0.15) is 41.6 Å². The minimum Gasteiger partial charge on any atom is -0.480 e. The standard InChI is InChI=1S/C27H23Cl2FN6O4/c1-12(2)35-21-20(33-22(35)14-11-31-26(40-4)34-23(14)39-3)24(37)36(18-7-5-6-16(29)19(18)30)27(21)15-9-8-13(28)10-17(15)32-25(27)38/h5-12,25,32,38H,1-4H3. The number of aliphatic hydroxyl groups excluding tert-OH is 1. The maximum Gasteiger partial charge on any atom is 0.319 e. The second-order valence-corrected chi connectivity index (χ2v) is 10.4. The van der Waals surface area contributed by atoms with Gasteiger partial charge in [-0.1, -0.05) is 35.3 Å². The number of imidazole rings is 1. The van der Waals surface area contributed by atoms with Gasteiger partial charge in [0.15, 0.2) is 23.3 Å². The predicted octanol–water partition coefficient (Wildman–Crippen LogP) is 5.03. The molecule has 2 atom stereocenters. The molecule has 6 rings (SSSR count). The number of fused-ring (bicyclic) bond motifs is 4. The lowest BCUT2D eigenvalue weighted by molar-refractivity contribution is 0.0911. The molecule has 0 saturated carbocycles. The zero-order valence-corrected chi connectivity index (χ0v) is 23.2. The van der Waals surface area contributed by atoms with Crippen molar-refractivity contribution in [3.05, 3.63) is 75.4 Å². The molecule has 0 fully saturated rings. The number of nitrogens with zero attached hydrogens (tertiary/aromatic N) is 5. The molecule has 0 bridgehead atoms. The summed E-state index contributed by atoms with van der Waals surface area (Å²) in [6.45, 7) is 3.81. The number of ether oxygens (including phenoxy) is 2. The first kappa shape index (κ1) is 26.3. The molecule has 0 saturated heterocycles. The van der Waals surface area contributed by atoms with Crippen LogP contribution in [0.4, 0.5) is 15.8 Å². The molecule has 206 valence electrons. The van der Waals surface area contributed by atoms with Crippen molar-refractivity contribution in [3.8, 4) is 23.3 Å². The van der Waals surface area contributed by atoms with Crippen LogP contribution < -0.4 is 19.7 Å². The van der Waals surface area contributed by atoms with Crippen molar-refractivity contribution in [1.29, 1.82) is 0 Å². The third kappa shape index (κ3) is 3.44. The molecule has 1 amide bonds. The van der Waals surface area contributed by atoms with Crippen LogP contribution in [-0.4, -0.2) is 51.0 Å². The average molecular weight is 585 g/mol. The number of methoxy groups -OCH3 is 2. The largest absolute Gasteiger partial charge is 0.480 e. The molecule has 2 N–H and O–H groups in total. The van der Waals surface area contributed by atoms with Crippen LogP contribution in [0.25, 0.3) is 11.4 Å². The SMILES string of the molecule is COc1ncc(-c2nc3c(n2C(C)C)C2(c4ccc(Cl)cc4NC2O)N(c2cccc(Cl)c2F)C3=O)c(OC)n1. The Morgan fingerprint density at radius 1 is 1.15 bits per heavy atom. The van der Waals surface area contributed by atoms with Gasteiger partial charge in [-0.15, -0.1) is 0 Å². The topological polar surface area (TPSA) is 115 Å². The summed E-state index contributed by atoms with van der Waals surface area (Å²) in [5.74, 6) is -0.936. The van der Waals surface area contributed by atoms with Crippen LogP contribution >= 0.6 is 23.2 Å². The van der Waals surface area contributed by atoms with E-state index in [1.807, 2.05) is 13.8 Å². The van der Waals surface area contributed by atoms with Crippen LogP contribution in [0.2, 0.25) is 10.0 Å². The smallest absolute Gasteiger partial charge is 0.319 e. The zero-order valence-electron chi connectivity index (χ0n) is 21.7. The van der Waals surface area contributed by atoms with Crippen LogP contribution in [0.5, 0.6) is 11.9 Å². The van der Waals surface area contributed by atoms with E-state index in [-0.39, 0.29) is 34.3 Å². The van der Waals surface area contributed by atoms with E-state index in [4.69, 9.17) is 37.7 Å². The maximum absolute atomic E-state index is 15.6. The highest BCUT2D eigenvalue weighted by Gasteiger charge is 2.64. The van der Waals surface area contributed by atoms with E-state index < -0.39 is 23.5 Å². The number of aromatic nitrogens is 4. The van der Waals surface area contributed by atoms with E-state index >= 15 is 4.39 Å². The molecule has 0 aliphatic carbocycles. The van der Waals surface area contributed by atoms with Gasteiger partial charge in [0, 0.05) is 28.5 Å². The fourth-order valence-electron chi connectivity index (χ4n) is 5.60. The summed E-state index contributed by atoms with van der Waals surface area (Å²) in [4.78, 5) is 28.8. The minimum atomic E-state index is -1.64. The molecule has 4 heterocycles. The normalized spacial score (nSPS) is 19.3. The Labute approximate surface area is 238 Å². The van der Waals surface area contributed by atoms with E-state index in [0.29, 0.717) is 33.4 Å². The van der Waals surface area contributed by atoms with Crippen LogP contribution in [-0.2, 0) is 5.54 Å². The Bertz CT molecular complexity index is 1700. The summed E-state index contributed by atoms with van der Waals surface area (Å²) in [6.07, 6.45) is 0.0736. The number of hydrogen-bond donors (Lipinski definition) is 2. The number of aliphatic hydroxyl groups is 1. The molecule has 2 aliphatic heterocycles. The number of hydrogen-bond acceptors (Lipinski definition) is 8. The van der Waals surface area contributed by atoms with E-state index in [2.05, 4.69) is 15.3 Å². The summed E-state index contributed by atoms with van der Waals surface area (Å²) in [7, 11) is 2.88. The summed E-state index contributed by atoms with van der Waals surface area (Å²) in [5.41, 5.74) is -0.00872.